The number of hydrogen-bond acceptors (Lipinski definition) is 8. The number of aliphatic hydroxyl groups is 1. The highest BCUT2D eigenvalue weighted by Crippen LogP contribution is 2.25. The maximum Gasteiger partial charge on any atom is 0.227 e. The molecule has 2 N–H and O–H groups in total. The molecule has 35 heavy (non-hydrogen) atoms. The highest BCUT2D eigenvalue weighted by Gasteiger charge is 2.17. The number of β-amino-alcohol motifs (C(OH)–C–C–N with tert-alkyl or cyclic N) is 1. The van der Waals surface area contributed by atoms with Crippen molar-refractivity contribution in [2.24, 2.45) is 0 Å². The fraction of sp³-hybridized carbons (Fsp3) is 0.407. The zero-order chi connectivity index (χ0) is 23.9. The van der Waals surface area contributed by atoms with Crippen LogP contribution in [0.4, 0.5) is 17.3 Å². The van der Waals surface area contributed by atoms with E-state index < -0.39 is 0 Å². The molecule has 0 saturated carbocycles. The van der Waals surface area contributed by atoms with E-state index >= 15 is 0 Å². The molecule has 3 heterocycles. The van der Waals surface area contributed by atoms with Gasteiger partial charge in [-0.15, -0.1) is 0 Å². The first-order valence-corrected chi connectivity index (χ1v) is 12.4. The molecule has 0 unspecified atom stereocenters. The summed E-state index contributed by atoms with van der Waals surface area (Å²) in [4.78, 5) is 13.8. The Kier molecular flexibility index (Phi) is 7.72. The van der Waals surface area contributed by atoms with Crippen LogP contribution in [0.5, 0.6) is 5.75 Å². The molecular formula is C27H33N5O3. The van der Waals surface area contributed by atoms with Gasteiger partial charge in [0.25, 0.3) is 0 Å². The average molecular weight is 476 g/mol. The summed E-state index contributed by atoms with van der Waals surface area (Å²) in [6, 6.07) is 18.4. The monoisotopic (exact) mass is 475 g/mol. The lowest BCUT2D eigenvalue weighted by Gasteiger charge is -2.35. The summed E-state index contributed by atoms with van der Waals surface area (Å²) >= 11 is 0. The van der Waals surface area contributed by atoms with Gasteiger partial charge in [-0.2, -0.15) is 0 Å². The largest absolute Gasteiger partial charge is 0.490 e. The molecule has 8 nitrogen and oxygen atoms in total. The van der Waals surface area contributed by atoms with Gasteiger partial charge in [-0.25, -0.2) is 9.97 Å². The summed E-state index contributed by atoms with van der Waals surface area (Å²) in [5.74, 6) is 1.44. The van der Waals surface area contributed by atoms with Crippen LogP contribution in [-0.2, 0) is 4.74 Å². The van der Waals surface area contributed by atoms with Crippen LogP contribution in [0.15, 0.2) is 60.8 Å². The molecule has 0 radical (unpaired) electrons. The van der Waals surface area contributed by atoms with Crippen molar-refractivity contribution in [1.82, 2.24) is 14.9 Å². The van der Waals surface area contributed by atoms with Gasteiger partial charge in [0, 0.05) is 68.7 Å². The highest BCUT2D eigenvalue weighted by atomic mass is 16.5. The Morgan fingerprint density at radius 2 is 1.69 bits per heavy atom. The van der Waals surface area contributed by atoms with E-state index in [2.05, 4.69) is 44.4 Å². The van der Waals surface area contributed by atoms with Gasteiger partial charge in [-0.3, -0.25) is 4.90 Å². The number of nitrogens with one attached hydrogen (secondary N) is 1. The van der Waals surface area contributed by atoms with Crippen molar-refractivity contribution in [3.63, 3.8) is 0 Å². The quantitative estimate of drug-likeness (QED) is 0.512. The van der Waals surface area contributed by atoms with Crippen LogP contribution in [0, 0.1) is 0 Å². The van der Waals surface area contributed by atoms with Crippen LogP contribution >= 0.6 is 0 Å². The second-order valence-electron chi connectivity index (χ2n) is 8.94. The Bertz CT molecular complexity index is 1060. The summed E-state index contributed by atoms with van der Waals surface area (Å²) < 4.78 is 11.5. The van der Waals surface area contributed by atoms with Gasteiger partial charge in [0.2, 0.25) is 5.95 Å². The minimum absolute atomic E-state index is 0.222. The molecule has 3 aromatic rings. The number of rotatable bonds is 8. The van der Waals surface area contributed by atoms with Crippen molar-refractivity contribution in [3.8, 4) is 17.0 Å². The van der Waals surface area contributed by atoms with E-state index in [-0.39, 0.29) is 12.7 Å². The van der Waals surface area contributed by atoms with E-state index in [1.807, 2.05) is 30.3 Å². The predicted molar refractivity (Wildman–Crippen MR) is 137 cm³/mol. The molecule has 1 aromatic heterocycles. The summed E-state index contributed by atoms with van der Waals surface area (Å²) in [5.41, 5.74) is 4.03. The van der Waals surface area contributed by atoms with Crippen LogP contribution in [0.2, 0.25) is 0 Å². The van der Waals surface area contributed by atoms with Crippen LogP contribution < -0.4 is 15.0 Å². The predicted octanol–water partition coefficient (Wildman–Crippen LogP) is 3.56. The van der Waals surface area contributed by atoms with Gasteiger partial charge >= 0.3 is 0 Å². The van der Waals surface area contributed by atoms with Crippen LogP contribution in [0.25, 0.3) is 11.3 Å². The molecule has 184 valence electrons. The molecular weight excluding hydrogens is 442 g/mol. The van der Waals surface area contributed by atoms with Crippen molar-refractivity contribution < 1.29 is 14.6 Å². The summed E-state index contributed by atoms with van der Waals surface area (Å²) in [5, 5.41) is 12.4. The standard InChI is InChI=1S/C27H33N5O3/c33-18-17-31-13-15-32(16-14-31)23-5-3-22(4-6-23)29-27-28-12-9-26(30-27)21-1-7-24(8-2-21)35-25-10-19-34-20-11-25/h1-9,12,25,33H,10-11,13-20H2,(H,28,29,30). The highest BCUT2D eigenvalue weighted by molar-refractivity contribution is 5.64. The third-order valence-corrected chi connectivity index (χ3v) is 6.55. The number of nitrogens with zero attached hydrogens (tertiary/aromatic N) is 4. The molecule has 2 saturated heterocycles. The third kappa shape index (κ3) is 6.28. The first-order chi connectivity index (χ1) is 17.3. The number of ether oxygens (including phenoxy) is 2. The molecule has 0 atom stereocenters. The summed E-state index contributed by atoms with van der Waals surface area (Å²) in [6.07, 6.45) is 3.87. The van der Waals surface area contributed by atoms with Crippen molar-refractivity contribution in [3.05, 3.63) is 60.8 Å². The normalized spacial score (nSPS) is 17.3. The second kappa shape index (κ2) is 11.5. The smallest absolute Gasteiger partial charge is 0.227 e. The molecule has 0 bridgehead atoms. The third-order valence-electron chi connectivity index (χ3n) is 6.55. The Balaban J connectivity index is 1.18. The van der Waals surface area contributed by atoms with Gasteiger partial charge < -0.3 is 24.8 Å². The molecule has 0 aliphatic carbocycles. The Labute approximate surface area is 206 Å². The zero-order valence-corrected chi connectivity index (χ0v) is 20.0. The summed E-state index contributed by atoms with van der Waals surface area (Å²) in [6.45, 7) is 6.40. The van der Waals surface area contributed by atoms with E-state index in [4.69, 9.17) is 19.6 Å². The fourth-order valence-electron chi connectivity index (χ4n) is 4.53. The number of aromatic nitrogens is 2. The maximum absolute atomic E-state index is 9.12. The molecule has 0 spiro atoms. The first kappa shape index (κ1) is 23.5. The number of benzene rings is 2. The van der Waals surface area contributed by atoms with Gasteiger partial charge in [-0.05, 0) is 54.6 Å². The van der Waals surface area contributed by atoms with Crippen molar-refractivity contribution >= 4 is 17.3 Å². The molecule has 8 heteroatoms. The number of piperazine rings is 1. The Morgan fingerprint density at radius 1 is 0.943 bits per heavy atom. The van der Waals surface area contributed by atoms with Crippen LogP contribution in [-0.4, -0.2) is 78.6 Å². The molecule has 2 aromatic carbocycles. The number of hydrogen-bond donors (Lipinski definition) is 2. The lowest BCUT2D eigenvalue weighted by Crippen LogP contribution is -2.47. The molecule has 2 aliphatic rings. The molecule has 2 aliphatic heterocycles. The Morgan fingerprint density at radius 3 is 2.40 bits per heavy atom. The first-order valence-electron chi connectivity index (χ1n) is 12.4. The SMILES string of the molecule is OCCN1CCN(c2ccc(Nc3nccc(-c4ccc(OC5CCOCC5)cc4)n3)cc2)CC1. The molecule has 5 rings (SSSR count). The van der Waals surface area contributed by atoms with Crippen molar-refractivity contribution in [2.45, 2.75) is 18.9 Å². The van der Waals surface area contributed by atoms with E-state index in [0.29, 0.717) is 5.95 Å². The van der Waals surface area contributed by atoms with Crippen molar-refractivity contribution in [1.29, 1.82) is 0 Å². The maximum atomic E-state index is 9.12. The second-order valence-corrected chi connectivity index (χ2v) is 8.94. The molecule has 2 fully saturated rings. The van der Waals surface area contributed by atoms with Gasteiger partial charge in [-0.1, -0.05) is 0 Å². The zero-order valence-electron chi connectivity index (χ0n) is 20.0. The van der Waals surface area contributed by atoms with E-state index in [9.17, 15) is 0 Å². The molecule has 0 amide bonds. The van der Waals surface area contributed by atoms with E-state index in [1.54, 1.807) is 6.20 Å². The average Bonchev–Trinajstić information content (AvgIpc) is 2.91. The Hall–Kier alpha value is -3.20. The summed E-state index contributed by atoms with van der Waals surface area (Å²) in [7, 11) is 0. The lowest BCUT2D eigenvalue weighted by molar-refractivity contribution is 0.0256. The van der Waals surface area contributed by atoms with Crippen LogP contribution in [0.3, 0.4) is 0 Å². The van der Waals surface area contributed by atoms with E-state index in [0.717, 1.165) is 81.5 Å². The number of aliphatic hydroxyl groups excluding tert-OH is 1. The lowest BCUT2D eigenvalue weighted by atomic mass is 10.1. The fourth-order valence-corrected chi connectivity index (χ4v) is 4.53. The van der Waals surface area contributed by atoms with Gasteiger partial charge in [0.1, 0.15) is 11.9 Å². The van der Waals surface area contributed by atoms with Gasteiger partial charge in [0.15, 0.2) is 0 Å². The minimum Gasteiger partial charge on any atom is -0.490 e. The van der Waals surface area contributed by atoms with E-state index in [1.165, 1.54) is 5.69 Å². The van der Waals surface area contributed by atoms with Crippen molar-refractivity contribution in [2.75, 3.05) is 62.8 Å². The minimum atomic E-state index is 0.222. The van der Waals surface area contributed by atoms with Crippen LogP contribution in [0.1, 0.15) is 12.8 Å². The number of anilines is 3. The topological polar surface area (TPSA) is 83.0 Å². The van der Waals surface area contributed by atoms with Gasteiger partial charge in [0.05, 0.1) is 25.5 Å².